The van der Waals surface area contributed by atoms with Crippen molar-refractivity contribution in [2.45, 2.75) is 33.2 Å². The van der Waals surface area contributed by atoms with Crippen molar-refractivity contribution >= 4 is 17.6 Å². The number of rotatable bonds is 6. The molecule has 1 rings (SSSR count). The van der Waals surface area contributed by atoms with Gasteiger partial charge < -0.3 is 5.11 Å². The highest BCUT2D eigenvalue weighted by Gasteiger charge is 2.24. The second-order valence-electron chi connectivity index (χ2n) is 4.30. The lowest BCUT2D eigenvalue weighted by molar-refractivity contribution is -0.143. The minimum Gasteiger partial charge on any atom is -0.480 e. The molecule has 0 spiro atoms. The Morgan fingerprint density at radius 1 is 1.39 bits per heavy atom. The Bertz CT molecular complexity index is 416. The highest BCUT2D eigenvalue weighted by Crippen LogP contribution is 2.21. The van der Waals surface area contributed by atoms with E-state index in [0.29, 0.717) is 11.4 Å². The zero-order chi connectivity index (χ0) is 13.7. The summed E-state index contributed by atoms with van der Waals surface area (Å²) in [5.41, 5.74) is 1.97. The van der Waals surface area contributed by atoms with Crippen LogP contribution in [-0.4, -0.2) is 35.1 Å². The number of likely N-dealkylation sites (N-methyl/N-ethyl adjacent to an activating group) is 1. The molecule has 1 N–H and O–H groups in total. The second-order valence-corrected chi connectivity index (χ2v) is 4.71. The topological polar surface area (TPSA) is 40.5 Å². The summed E-state index contributed by atoms with van der Waals surface area (Å²) in [6.07, 6.45) is 0.489. The molecule has 3 nitrogen and oxygen atoms in total. The SMILES string of the molecule is CCN(CC)C(Cc1cccc(Cl)c1C)C(=O)O. The van der Waals surface area contributed by atoms with E-state index in [1.165, 1.54) is 0 Å². The molecule has 0 fully saturated rings. The highest BCUT2D eigenvalue weighted by atomic mass is 35.5. The standard InChI is InChI=1S/C14H20ClNO2/c1-4-16(5-2)13(14(17)18)9-11-7-6-8-12(15)10(11)3/h6-8,13H,4-5,9H2,1-3H3,(H,17,18). The third-order valence-corrected chi connectivity index (χ3v) is 3.74. The number of carboxylic acids is 1. The highest BCUT2D eigenvalue weighted by molar-refractivity contribution is 6.31. The van der Waals surface area contributed by atoms with E-state index >= 15 is 0 Å². The minimum absolute atomic E-state index is 0.489. The zero-order valence-corrected chi connectivity index (χ0v) is 11.9. The summed E-state index contributed by atoms with van der Waals surface area (Å²) in [6, 6.07) is 5.15. The van der Waals surface area contributed by atoms with Gasteiger partial charge in [0.05, 0.1) is 0 Å². The van der Waals surface area contributed by atoms with E-state index in [1.807, 2.05) is 43.9 Å². The van der Waals surface area contributed by atoms with Crippen LogP contribution in [0, 0.1) is 6.92 Å². The molecule has 0 aliphatic rings. The van der Waals surface area contributed by atoms with Crippen molar-refractivity contribution in [2.75, 3.05) is 13.1 Å². The summed E-state index contributed by atoms with van der Waals surface area (Å²) in [5.74, 6) is -0.780. The predicted octanol–water partition coefficient (Wildman–Crippen LogP) is 2.99. The Hall–Kier alpha value is -1.06. The maximum Gasteiger partial charge on any atom is 0.321 e. The lowest BCUT2D eigenvalue weighted by Crippen LogP contribution is -2.42. The van der Waals surface area contributed by atoms with E-state index < -0.39 is 12.0 Å². The van der Waals surface area contributed by atoms with Gasteiger partial charge in [-0.3, -0.25) is 9.69 Å². The van der Waals surface area contributed by atoms with Crippen molar-refractivity contribution in [3.63, 3.8) is 0 Å². The smallest absolute Gasteiger partial charge is 0.321 e. The molecule has 0 aromatic heterocycles. The summed E-state index contributed by atoms with van der Waals surface area (Å²) in [4.78, 5) is 13.3. The average Bonchev–Trinajstić information content (AvgIpc) is 2.34. The number of benzene rings is 1. The summed E-state index contributed by atoms with van der Waals surface area (Å²) in [7, 11) is 0. The van der Waals surface area contributed by atoms with E-state index in [4.69, 9.17) is 11.6 Å². The molecule has 0 saturated carbocycles. The van der Waals surface area contributed by atoms with Gasteiger partial charge in [-0.1, -0.05) is 37.6 Å². The fourth-order valence-corrected chi connectivity index (χ4v) is 2.31. The predicted molar refractivity (Wildman–Crippen MR) is 74.2 cm³/mol. The fourth-order valence-electron chi connectivity index (χ4n) is 2.12. The second kappa shape index (κ2) is 6.76. The van der Waals surface area contributed by atoms with E-state index in [0.717, 1.165) is 24.2 Å². The van der Waals surface area contributed by atoms with Gasteiger partial charge >= 0.3 is 5.97 Å². The molecule has 1 atom stereocenters. The molecule has 1 aromatic carbocycles. The molecule has 4 heteroatoms. The molecule has 0 saturated heterocycles. The molecular formula is C14H20ClNO2. The first kappa shape index (κ1) is 15.0. The fraction of sp³-hybridized carbons (Fsp3) is 0.500. The Morgan fingerprint density at radius 2 is 2.00 bits per heavy atom. The first-order valence-corrected chi connectivity index (χ1v) is 6.59. The van der Waals surface area contributed by atoms with Crippen LogP contribution in [0.1, 0.15) is 25.0 Å². The van der Waals surface area contributed by atoms with Crippen LogP contribution in [0.3, 0.4) is 0 Å². The average molecular weight is 270 g/mol. The van der Waals surface area contributed by atoms with Crippen LogP contribution in [-0.2, 0) is 11.2 Å². The van der Waals surface area contributed by atoms with E-state index in [2.05, 4.69) is 0 Å². The largest absolute Gasteiger partial charge is 0.480 e. The maximum atomic E-state index is 11.4. The van der Waals surface area contributed by atoms with E-state index in [1.54, 1.807) is 0 Å². The van der Waals surface area contributed by atoms with Crippen LogP contribution >= 0.6 is 11.6 Å². The van der Waals surface area contributed by atoms with E-state index in [-0.39, 0.29) is 0 Å². The summed E-state index contributed by atoms with van der Waals surface area (Å²) < 4.78 is 0. The number of hydrogen-bond donors (Lipinski definition) is 1. The van der Waals surface area contributed by atoms with Crippen LogP contribution in [0.4, 0.5) is 0 Å². The molecular weight excluding hydrogens is 250 g/mol. The summed E-state index contributed by atoms with van der Waals surface area (Å²) in [5, 5.41) is 10.0. The lowest BCUT2D eigenvalue weighted by atomic mass is 10.00. The van der Waals surface area contributed by atoms with Crippen LogP contribution in [0.2, 0.25) is 5.02 Å². The van der Waals surface area contributed by atoms with Crippen molar-refractivity contribution in [1.82, 2.24) is 4.90 Å². The lowest BCUT2D eigenvalue weighted by Gasteiger charge is -2.26. The van der Waals surface area contributed by atoms with Crippen LogP contribution < -0.4 is 0 Å². The molecule has 1 unspecified atom stereocenters. The van der Waals surface area contributed by atoms with Crippen molar-refractivity contribution < 1.29 is 9.90 Å². The van der Waals surface area contributed by atoms with Crippen LogP contribution in [0.5, 0.6) is 0 Å². The first-order valence-electron chi connectivity index (χ1n) is 6.22. The number of carbonyl (C=O) groups is 1. The van der Waals surface area contributed by atoms with Gasteiger partial charge in [-0.15, -0.1) is 0 Å². The van der Waals surface area contributed by atoms with Gasteiger partial charge in [-0.2, -0.15) is 0 Å². The summed E-state index contributed by atoms with van der Waals surface area (Å²) in [6.45, 7) is 7.34. The van der Waals surface area contributed by atoms with Crippen molar-refractivity contribution in [3.8, 4) is 0 Å². The quantitative estimate of drug-likeness (QED) is 0.863. The van der Waals surface area contributed by atoms with Gasteiger partial charge in [-0.25, -0.2) is 0 Å². The molecule has 0 aliphatic carbocycles. The monoisotopic (exact) mass is 269 g/mol. The molecule has 0 bridgehead atoms. The van der Waals surface area contributed by atoms with Crippen molar-refractivity contribution in [1.29, 1.82) is 0 Å². The third-order valence-electron chi connectivity index (χ3n) is 3.33. The van der Waals surface area contributed by atoms with E-state index in [9.17, 15) is 9.90 Å². The zero-order valence-electron chi connectivity index (χ0n) is 11.1. The number of aliphatic carboxylic acids is 1. The van der Waals surface area contributed by atoms with Crippen LogP contribution in [0.15, 0.2) is 18.2 Å². The Labute approximate surface area is 113 Å². The number of nitrogens with zero attached hydrogens (tertiary/aromatic N) is 1. The molecule has 0 radical (unpaired) electrons. The molecule has 1 aromatic rings. The number of carboxylic acid groups (broad SMARTS) is 1. The van der Waals surface area contributed by atoms with Gasteiger partial charge in [0.25, 0.3) is 0 Å². The third kappa shape index (κ3) is 3.47. The normalized spacial score (nSPS) is 12.7. The molecule has 100 valence electrons. The Balaban J connectivity index is 2.97. The van der Waals surface area contributed by atoms with Gasteiger partial charge in [0.2, 0.25) is 0 Å². The first-order chi connectivity index (χ1) is 8.51. The van der Waals surface area contributed by atoms with Crippen molar-refractivity contribution in [3.05, 3.63) is 34.3 Å². The molecule has 0 amide bonds. The summed E-state index contributed by atoms with van der Waals surface area (Å²) >= 11 is 6.06. The van der Waals surface area contributed by atoms with Gasteiger partial charge in [0.15, 0.2) is 0 Å². The number of halogens is 1. The Morgan fingerprint density at radius 3 is 2.50 bits per heavy atom. The molecule has 0 heterocycles. The van der Waals surface area contributed by atoms with Crippen molar-refractivity contribution in [2.24, 2.45) is 0 Å². The minimum atomic E-state index is -0.780. The van der Waals surface area contributed by atoms with Gasteiger partial charge in [-0.05, 0) is 43.6 Å². The van der Waals surface area contributed by atoms with Gasteiger partial charge in [0, 0.05) is 5.02 Å². The molecule has 0 aliphatic heterocycles. The molecule has 18 heavy (non-hydrogen) atoms. The van der Waals surface area contributed by atoms with Crippen LogP contribution in [0.25, 0.3) is 0 Å². The number of hydrogen-bond acceptors (Lipinski definition) is 2. The maximum absolute atomic E-state index is 11.4. The van der Waals surface area contributed by atoms with Gasteiger partial charge in [0.1, 0.15) is 6.04 Å². The Kier molecular flexibility index (Phi) is 5.63.